The van der Waals surface area contributed by atoms with E-state index in [-0.39, 0.29) is 5.82 Å². The summed E-state index contributed by atoms with van der Waals surface area (Å²) in [4.78, 5) is 9.27. The van der Waals surface area contributed by atoms with E-state index in [9.17, 15) is 4.39 Å². The van der Waals surface area contributed by atoms with Crippen molar-refractivity contribution in [1.82, 2.24) is 15.5 Å². The molecule has 6 nitrogen and oxygen atoms in total. The predicted molar refractivity (Wildman–Crippen MR) is 119 cm³/mol. The van der Waals surface area contributed by atoms with Gasteiger partial charge in [-0.05, 0) is 45.2 Å². The molecule has 1 heterocycles. The van der Waals surface area contributed by atoms with Crippen molar-refractivity contribution in [3.63, 3.8) is 0 Å². The van der Waals surface area contributed by atoms with Gasteiger partial charge in [0.15, 0.2) is 5.96 Å². The summed E-state index contributed by atoms with van der Waals surface area (Å²) in [6.45, 7) is 13.0. The normalized spacial score (nSPS) is 15.6. The number of nitrogens with zero attached hydrogens (tertiary/aromatic N) is 3. The fourth-order valence-electron chi connectivity index (χ4n) is 3.43. The van der Waals surface area contributed by atoms with Crippen molar-refractivity contribution in [2.75, 3.05) is 70.5 Å². The van der Waals surface area contributed by atoms with Crippen molar-refractivity contribution < 1.29 is 9.13 Å². The molecule has 1 aliphatic rings. The number of benzene rings is 1. The smallest absolute Gasteiger partial charge is 0.191 e. The lowest BCUT2D eigenvalue weighted by molar-refractivity contribution is 0.143. The molecule has 164 valence electrons. The summed E-state index contributed by atoms with van der Waals surface area (Å²) in [5.74, 6) is 0.768. The second-order valence-electron chi connectivity index (χ2n) is 7.23. The Bertz CT molecular complexity index is 590. The standard InChI is InChI=1S/C22H38FN5O/c1-3-24-22(25-12-7-8-19-29-4-2)26-13-9-14-27-15-17-28(18-16-27)21-11-6-5-10-20(21)23/h5-6,10-11H,3-4,7-9,12-19H2,1-2H3,(H2,24,25,26). The molecule has 0 bridgehead atoms. The van der Waals surface area contributed by atoms with E-state index in [4.69, 9.17) is 4.74 Å². The number of aliphatic imine (C=N–C) groups is 1. The zero-order chi connectivity index (χ0) is 20.7. The number of anilines is 1. The molecule has 1 fully saturated rings. The number of rotatable bonds is 12. The Labute approximate surface area is 175 Å². The van der Waals surface area contributed by atoms with Gasteiger partial charge < -0.3 is 20.3 Å². The van der Waals surface area contributed by atoms with E-state index in [0.29, 0.717) is 0 Å². The van der Waals surface area contributed by atoms with Crippen LogP contribution in [0.2, 0.25) is 0 Å². The Morgan fingerprint density at radius 1 is 1.07 bits per heavy atom. The maximum absolute atomic E-state index is 13.9. The number of ether oxygens (including phenoxy) is 1. The topological polar surface area (TPSA) is 52.1 Å². The lowest BCUT2D eigenvalue weighted by atomic mass is 10.2. The zero-order valence-electron chi connectivity index (χ0n) is 18.1. The van der Waals surface area contributed by atoms with Gasteiger partial charge in [-0.1, -0.05) is 12.1 Å². The van der Waals surface area contributed by atoms with E-state index in [1.165, 1.54) is 6.07 Å². The predicted octanol–water partition coefficient (Wildman–Crippen LogP) is 2.71. The fraction of sp³-hybridized carbons (Fsp3) is 0.682. The van der Waals surface area contributed by atoms with Gasteiger partial charge in [0, 0.05) is 65.6 Å². The largest absolute Gasteiger partial charge is 0.382 e. The zero-order valence-corrected chi connectivity index (χ0v) is 18.1. The number of halogens is 1. The van der Waals surface area contributed by atoms with Gasteiger partial charge in [-0.3, -0.25) is 9.89 Å². The highest BCUT2D eigenvalue weighted by Crippen LogP contribution is 2.20. The number of hydrogen-bond acceptors (Lipinski definition) is 4. The number of guanidine groups is 1. The molecule has 0 saturated carbocycles. The molecule has 1 aromatic carbocycles. The molecule has 2 N–H and O–H groups in total. The maximum Gasteiger partial charge on any atom is 0.191 e. The molecule has 1 aromatic rings. The summed E-state index contributed by atoms with van der Waals surface area (Å²) in [5.41, 5.74) is 0.722. The monoisotopic (exact) mass is 407 g/mol. The van der Waals surface area contributed by atoms with E-state index in [0.717, 1.165) is 96.5 Å². The highest BCUT2D eigenvalue weighted by atomic mass is 19.1. The highest BCUT2D eigenvalue weighted by molar-refractivity contribution is 5.79. The number of unbranched alkanes of at least 4 members (excludes halogenated alkanes) is 1. The Kier molecular flexibility index (Phi) is 11.4. The van der Waals surface area contributed by atoms with Crippen LogP contribution in [-0.2, 0) is 4.74 Å². The van der Waals surface area contributed by atoms with Crippen LogP contribution < -0.4 is 15.5 Å². The molecule has 0 aliphatic carbocycles. The molecule has 0 radical (unpaired) electrons. The first kappa shape index (κ1) is 23.4. The van der Waals surface area contributed by atoms with Crippen LogP contribution in [0.3, 0.4) is 0 Å². The van der Waals surface area contributed by atoms with Crippen molar-refractivity contribution in [1.29, 1.82) is 0 Å². The lowest BCUT2D eigenvalue weighted by Crippen LogP contribution is -2.47. The fourth-order valence-corrected chi connectivity index (χ4v) is 3.43. The van der Waals surface area contributed by atoms with Crippen LogP contribution in [0.1, 0.15) is 33.1 Å². The minimum atomic E-state index is -0.128. The Morgan fingerprint density at radius 3 is 2.59 bits per heavy atom. The van der Waals surface area contributed by atoms with Gasteiger partial charge >= 0.3 is 0 Å². The minimum absolute atomic E-state index is 0.128. The van der Waals surface area contributed by atoms with E-state index < -0.39 is 0 Å². The average Bonchev–Trinajstić information content (AvgIpc) is 2.74. The number of piperazine rings is 1. The molecule has 0 unspecified atom stereocenters. The van der Waals surface area contributed by atoms with Gasteiger partial charge in [-0.2, -0.15) is 0 Å². The molecular formula is C22H38FN5O. The van der Waals surface area contributed by atoms with E-state index >= 15 is 0 Å². The van der Waals surface area contributed by atoms with Crippen LogP contribution in [0.15, 0.2) is 29.3 Å². The Hall–Kier alpha value is -1.86. The van der Waals surface area contributed by atoms with E-state index in [1.807, 2.05) is 19.1 Å². The molecule has 29 heavy (non-hydrogen) atoms. The second-order valence-corrected chi connectivity index (χ2v) is 7.23. The first-order valence-corrected chi connectivity index (χ1v) is 11.1. The summed E-state index contributed by atoms with van der Waals surface area (Å²) in [7, 11) is 0. The first-order valence-electron chi connectivity index (χ1n) is 11.1. The van der Waals surface area contributed by atoms with Crippen LogP contribution >= 0.6 is 0 Å². The van der Waals surface area contributed by atoms with Crippen LogP contribution in [-0.4, -0.2) is 76.4 Å². The Balaban J connectivity index is 1.62. The van der Waals surface area contributed by atoms with Crippen LogP contribution in [0.5, 0.6) is 0 Å². The average molecular weight is 408 g/mol. The maximum atomic E-state index is 13.9. The van der Waals surface area contributed by atoms with Gasteiger partial charge in [0.2, 0.25) is 0 Å². The third kappa shape index (κ3) is 9.00. The third-order valence-corrected chi connectivity index (χ3v) is 5.02. The molecule has 0 aromatic heterocycles. The molecule has 0 spiro atoms. The van der Waals surface area contributed by atoms with E-state index in [2.05, 4.69) is 32.3 Å². The van der Waals surface area contributed by atoms with Crippen molar-refractivity contribution in [3.8, 4) is 0 Å². The summed E-state index contributed by atoms with van der Waals surface area (Å²) in [5, 5.41) is 6.70. The first-order chi connectivity index (χ1) is 14.2. The molecule has 1 saturated heterocycles. The Morgan fingerprint density at radius 2 is 1.86 bits per heavy atom. The number of para-hydroxylation sites is 1. The number of hydrogen-bond donors (Lipinski definition) is 2. The molecular weight excluding hydrogens is 369 g/mol. The molecule has 2 rings (SSSR count). The SMILES string of the molecule is CCNC(=NCCCN1CCN(c2ccccc2F)CC1)NCCCCOCC. The number of nitrogens with one attached hydrogen (secondary N) is 2. The van der Waals surface area contributed by atoms with Gasteiger partial charge in [-0.25, -0.2) is 4.39 Å². The minimum Gasteiger partial charge on any atom is -0.382 e. The summed E-state index contributed by atoms with van der Waals surface area (Å²) < 4.78 is 19.3. The van der Waals surface area contributed by atoms with Gasteiger partial charge in [0.05, 0.1) is 5.69 Å². The van der Waals surface area contributed by atoms with Crippen LogP contribution in [0.25, 0.3) is 0 Å². The van der Waals surface area contributed by atoms with Gasteiger partial charge in [0.1, 0.15) is 5.82 Å². The van der Waals surface area contributed by atoms with E-state index in [1.54, 1.807) is 6.07 Å². The van der Waals surface area contributed by atoms with Gasteiger partial charge in [-0.15, -0.1) is 0 Å². The molecule has 1 aliphatic heterocycles. The summed E-state index contributed by atoms with van der Waals surface area (Å²) >= 11 is 0. The van der Waals surface area contributed by atoms with Crippen LogP contribution in [0, 0.1) is 5.82 Å². The van der Waals surface area contributed by atoms with Crippen molar-refractivity contribution >= 4 is 11.6 Å². The highest BCUT2D eigenvalue weighted by Gasteiger charge is 2.18. The second kappa shape index (κ2) is 14.2. The third-order valence-electron chi connectivity index (χ3n) is 5.02. The lowest BCUT2D eigenvalue weighted by Gasteiger charge is -2.36. The van der Waals surface area contributed by atoms with Crippen molar-refractivity contribution in [2.24, 2.45) is 4.99 Å². The molecule has 0 amide bonds. The molecule has 7 heteroatoms. The van der Waals surface area contributed by atoms with Crippen molar-refractivity contribution in [2.45, 2.75) is 33.1 Å². The molecule has 0 atom stereocenters. The quantitative estimate of drug-likeness (QED) is 0.317. The summed E-state index contributed by atoms with van der Waals surface area (Å²) in [6.07, 6.45) is 3.18. The summed E-state index contributed by atoms with van der Waals surface area (Å²) in [6, 6.07) is 7.05. The van der Waals surface area contributed by atoms with Gasteiger partial charge in [0.25, 0.3) is 0 Å². The van der Waals surface area contributed by atoms with Crippen molar-refractivity contribution in [3.05, 3.63) is 30.1 Å². The van der Waals surface area contributed by atoms with Crippen LogP contribution in [0.4, 0.5) is 10.1 Å².